The Bertz CT molecular complexity index is 1170. The summed E-state index contributed by atoms with van der Waals surface area (Å²) in [5.41, 5.74) is 0.137. The first kappa shape index (κ1) is 19.7. The molecule has 1 aromatic carbocycles. The Kier molecular flexibility index (Phi) is 5.18. The van der Waals surface area contributed by atoms with E-state index in [2.05, 4.69) is 26.3 Å². The zero-order valence-corrected chi connectivity index (χ0v) is 17.1. The van der Waals surface area contributed by atoms with Crippen molar-refractivity contribution in [2.24, 2.45) is 0 Å². The van der Waals surface area contributed by atoms with Gasteiger partial charge >= 0.3 is 6.18 Å². The van der Waals surface area contributed by atoms with Crippen LogP contribution in [0, 0.1) is 0 Å². The minimum atomic E-state index is -4.64. The van der Waals surface area contributed by atoms with E-state index in [1.54, 1.807) is 36.4 Å². The molecule has 148 valence electrons. The highest BCUT2D eigenvalue weighted by molar-refractivity contribution is 9.10. The number of hydrogen-bond donors (Lipinski definition) is 1. The SMILES string of the molecule is O=C(NCc1cccs1)c1nn2c(C(F)(F)F)cc(-c3ccccc3)cc2c1Br. The molecule has 4 nitrogen and oxygen atoms in total. The number of pyridine rings is 1. The number of amides is 1. The smallest absolute Gasteiger partial charge is 0.346 e. The molecule has 0 saturated heterocycles. The lowest BCUT2D eigenvalue weighted by Gasteiger charge is -2.12. The first-order chi connectivity index (χ1) is 13.8. The molecular formula is C20H13BrF3N3OS. The van der Waals surface area contributed by atoms with Gasteiger partial charge in [-0.3, -0.25) is 4.79 Å². The molecule has 1 amide bonds. The van der Waals surface area contributed by atoms with Gasteiger partial charge in [0.25, 0.3) is 5.91 Å². The van der Waals surface area contributed by atoms with Gasteiger partial charge in [0.05, 0.1) is 16.5 Å². The van der Waals surface area contributed by atoms with Gasteiger partial charge < -0.3 is 5.32 Å². The molecule has 0 aliphatic heterocycles. The fraction of sp³-hybridized carbons (Fsp3) is 0.100. The van der Waals surface area contributed by atoms with Crippen molar-refractivity contribution >= 4 is 38.7 Å². The van der Waals surface area contributed by atoms with Crippen molar-refractivity contribution in [1.82, 2.24) is 14.9 Å². The van der Waals surface area contributed by atoms with E-state index >= 15 is 0 Å². The first-order valence-electron chi connectivity index (χ1n) is 8.50. The van der Waals surface area contributed by atoms with Gasteiger partial charge in [-0.05, 0) is 50.6 Å². The number of carbonyl (C=O) groups is 1. The van der Waals surface area contributed by atoms with Crippen molar-refractivity contribution in [3.8, 4) is 11.1 Å². The quantitative estimate of drug-likeness (QED) is 0.403. The second kappa shape index (κ2) is 7.64. The summed E-state index contributed by atoms with van der Waals surface area (Å²) in [5, 5.41) is 8.52. The number of hydrogen-bond acceptors (Lipinski definition) is 3. The van der Waals surface area contributed by atoms with Crippen molar-refractivity contribution in [3.63, 3.8) is 0 Å². The normalized spacial score (nSPS) is 11.7. The van der Waals surface area contributed by atoms with Gasteiger partial charge in [-0.1, -0.05) is 36.4 Å². The standard InChI is InChI=1S/C20H13BrF3N3OS/c21-17-15-9-13(12-5-2-1-3-6-12)10-16(20(22,23)24)27(15)26-18(17)19(28)25-11-14-7-4-8-29-14/h1-10H,11H2,(H,25,28). The fourth-order valence-electron chi connectivity index (χ4n) is 2.93. The number of alkyl halides is 3. The van der Waals surface area contributed by atoms with E-state index in [4.69, 9.17) is 0 Å². The number of rotatable bonds is 4. The summed E-state index contributed by atoms with van der Waals surface area (Å²) >= 11 is 4.74. The first-order valence-corrected chi connectivity index (χ1v) is 10.2. The van der Waals surface area contributed by atoms with Gasteiger partial charge in [0, 0.05) is 4.88 Å². The molecule has 4 aromatic rings. The molecule has 3 heterocycles. The maximum atomic E-state index is 13.7. The number of aromatic nitrogens is 2. The molecule has 0 spiro atoms. The Morgan fingerprint density at radius 1 is 1.10 bits per heavy atom. The Hall–Kier alpha value is -2.65. The van der Waals surface area contributed by atoms with E-state index in [1.807, 2.05) is 17.5 Å². The van der Waals surface area contributed by atoms with E-state index in [0.29, 0.717) is 11.1 Å². The lowest BCUT2D eigenvalue weighted by atomic mass is 10.1. The fourth-order valence-corrected chi connectivity index (χ4v) is 4.11. The highest BCUT2D eigenvalue weighted by Crippen LogP contribution is 2.36. The number of fused-ring (bicyclic) bond motifs is 1. The molecule has 0 bridgehead atoms. The average Bonchev–Trinajstić information content (AvgIpc) is 3.33. The number of benzene rings is 1. The van der Waals surface area contributed by atoms with Gasteiger partial charge in [-0.15, -0.1) is 11.3 Å². The van der Waals surface area contributed by atoms with Gasteiger partial charge in [0.2, 0.25) is 0 Å². The van der Waals surface area contributed by atoms with Crippen LogP contribution < -0.4 is 5.32 Å². The van der Waals surface area contributed by atoms with Crippen molar-refractivity contribution in [1.29, 1.82) is 0 Å². The minimum Gasteiger partial charge on any atom is -0.346 e. The monoisotopic (exact) mass is 479 g/mol. The molecule has 0 aliphatic carbocycles. The summed E-state index contributed by atoms with van der Waals surface area (Å²) in [6, 6.07) is 15.1. The Balaban J connectivity index is 1.80. The Labute approximate surface area is 176 Å². The maximum Gasteiger partial charge on any atom is 0.433 e. The second-order valence-electron chi connectivity index (χ2n) is 6.21. The number of nitrogens with one attached hydrogen (secondary N) is 1. The molecule has 0 radical (unpaired) electrons. The van der Waals surface area contributed by atoms with Crippen molar-refractivity contribution in [2.75, 3.05) is 0 Å². The van der Waals surface area contributed by atoms with Crippen LogP contribution in [0.25, 0.3) is 16.6 Å². The van der Waals surface area contributed by atoms with Gasteiger partial charge in [-0.2, -0.15) is 18.3 Å². The lowest BCUT2D eigenvalue weighted by molar-refractivity contribution is -0.142. The van der Waals surface area contributed by atoms with Crippen molar-refractivity contribution in [3.05, 3.63) is 80.7 Å². The summed E-state index contributed by atoms with van der Waals surface area (Å²) in [6.07, 6.45) is -4.64. The molecule has 9 heteroatoms. The van der Waals surface area contributed by atoms with E-state index < -0.39 is 17.8 Å². The largest absolute Gasteiger partial charge is 0.433 e. The van der Waals surface area contributed by atoms with Gasteiger partial charge in [0.1, 0.15) is 5.69 Å². The van der Waals surface area contributed by atoms with E-state index in [-0.39, 0.29) is 22.2 Å². The van der Waals surface area contributed by atoms with Crippen LogP contribution in [0.5, 0.6) is 0 Å². The molecule has 0 fully saturated rings. The average molecular weight is 480 g/mol. The molecule has 0 aliphatic rings. The molecule has 0 unspecified atom stereocenters. The molecule has 0 atom stereocenters. The van der Waals surface area contributed by atoms with Crippen molar-refractivity contribution in [2.45, 2.75) is 12.7 Å². The zero-order chi connectivity index (χ0) is 20.6. The molecule has 1 N–H and O–H groups in total. The van der Waals surface area contributed by atoms with Crippen LogP contribution >= 0.6 is 27.3 Å². The molecule has 29 heavy (non-hydrogen) atoms. The topological polar surface area (TPSA) is 46.4 Å². The summed E-state index contributed by atoms with van der Waals surface area (Å²) in [4.78, 5) is 13.5. The third-order valence-electron chi connectivity index (χ3n) is 4.29. The van der Waals surface area contributed by atoms with Gasteiger partial charge in [-0.25, -0.2) is 4.52 Å². The molecular weight excluding hydrogens is 467 g/mol. The third kappa shape index (κ3) is 3.92. The highest BCUT2D eigenvalue weighted by Gasteiger charge is 2.36. The van der Waals surface area contributed by atoms with Crippen LogP contribution in [0.2, 0.25) is 0 Å². The Morgan fingerprint density at radius 2 is 1.86 bits per heavy atom. The van der Waals surface area contributed by atoms with Crippen LogP contribution in [0.15, 0.2) is 64.5 Å². The van der Waals surface area contributed by atoms with Gasteiger partial charge in [0.15, 0.2) is 5.69 Å². The summed E-state index contributed by atoms with van der Waals surface area (Å²) in [5.74, 6) is -0.552. The number of nitrogens with zero attached hydrogens (tertiary/aromatic N) is 2. The predicted molar refractivity (Wildman–Crippen MR) is 109 cm³/mol. The maximum absolute atomic E-state index is 13.7. The van der Waals surface area contributed by atoms with Crippen molar-refractivity contribution < 1.29 is 18.0 Å². The summed E-state index contributed by atoms with van der Waals surface area (Å²) < 4.78 is 42.1. The lowest BCUT2D eigenvalue weighted by Crippen LogP contribution is -2.23. The van der Waals surface area contributed by atoms with Crippen LogP contribution in [0.1, 0.15) is 21.1 Å². The van der Waals surface area contributed by atoms with E-state index in [1.165, 1.54) is 11.3 Å². The molecule has 4 rings (SSSR count). The van der Waals surface area contributed by atoms with Crippen LogP contribution in [-0.2, 0) is 12.7 Å². The van der Waals surface area contributed by atoms with E-state index in [0.717, 1.165) is 15.5 Å². The minimum absolute atomic E-state index is 0.0998. The van der Waals surface area contributed by atoms with Crippen LogP contribution in [0.4, 0.5) is 13.2 Å². The second-order valence-corrected chi connectivity index (χ2v) is 8.04. The Morgan fingerprint density at radius 3 is 2.52 bits per heavy atom. The number of thiophene rings is 1. The highest BCUT2D eigenvalue weighted by atomic mass is 79.9. The third-order valence-corrected chi connectivity index (χ3v) is 5.95. The predicted octanol–water partition coefficient (Wildman–Crippen LogP) is 5.77. The van der Waals surface area contributed by atoms with E-state index in [9.17, 15) is 18.0 Å². The zero-order valence-electron chi connectivity index (χ0n) is 14.7. The summed E-state index contributed by atoms with van der Waals surface area (Å²) in [6.45, 7) is 0.276. The molecule has 3 aromatic heterocycles. The van der Waals surface area contributed by atoms with Crippen LogP contribution in [0.3, 0.4) is 0 Å². The molecule has 0 saturated carbocycles. The van der Waals surface area contributed by atoms with Crippen LogP contribution in [-0.4, -0.2) is 15.5 Å². The number of halogens is 4. The number of carbonyl (C=O) groups excluding carboxylic acids is 1. The summed E-state index contributed by atoms with van der Waals surface area (Å²) in [7, 11) is 0.